The molecule has 15 nitrogen and oxygen atoms in total. The Balaban J connectivity index is 0.000000352. The summed E-state index contributed by atoms with van der Waals surface area (Å²) in [6.07, 6.45) is -0.428. The fourth-order valence-electron chi connectivity index (χ4n) is 2.94. The predicted octanol–water partition coefficient (Wildman–Crippen LogP) is -1.12. The monoisotopic (exact) mass is 547 g/mol. The molecular weight excluding hydrogens is 517 g/mol. The molecule has 1 saturated heterocycles. The van der Waals surface area contributed by atoms with E-state index in [0.29, 0.717) is 24.0 Å². The molecule has 35 heavy (non-hydrogen) atoms. The van der Waals surface area contributed by atoms with Gasteiger partial charge in [0, 0.05) is 12.8 Å². The van der Waals surface area contributed by atoms with Gasteiger partial charge in [0.25, 0.3) is 0 Å². The van der Waals surface area contributed by atoms with Gasteiger partial charge in [-0.3, -0.25) is 19.0 Å². The van der Waals surface area contributed by atoms with Gasteiger partial charge in [0.15, 0.2) is 17.7 Å². The summed E-state index contributed by atoms with van der Waals surface area (Å²) in [5.41, 5.74) is 6.44. The van der Waals surface area contributed by atoms with Crippen LogP contribution in [0.5, 0.6) is 0 Å². The average Bonchev–Trinajstić information content (AvgIpc) is 3.30. The molecule has 1 fully saturated rings. The number of carbonyl (C=O) groups is 2. The van der Waals surface area contributed by atoms with Gasteiger partial charge in [-0.25, -0.2) is 19.5 Å². The summed E-state index contributed by atoms with van der Waals surface area (Å²) in [5.74, 6) is -1.49. The number of nitrogens with zero attached hydrogens (tertiary/aromatic N) is 4. The molecule has 1 aliphatic heterocycles. The Morgan fingerprint density at radius 2 is 1.69 bits per heavy atom. The predicted molar refractivity (Wildman–Crippen MR) is 123 cm³/mol. The second-order valence-electron chi connectivity index (χ2n) is 7.21. The van der Waals surface area contributed by atoms with E-state index in [0.717, 1.165) is 0 Å². The minimum atomic E-state index is -4.56. The number of imidazole rings is 1. The van der Waals surface area contributed by atoms with Gasteiger partial charge in [-0.15, -0.1) is 0 Å². The van der Waals surface area contributed by atoms with E-state index in [9.17, 15) is 24.4 Å². The number of hydrogen-bond donors (Lipinski definition) is 5. The third-order valence-corrected chi connectivity index (χ3v) is 5.39. The van der Waals surface area contributed by atoms with Crippen molar-refractivity contribution in [2.45, 2.75) is 64.1 Å². The summed E-state index contributed by atoms with van der Waals surface area (Å²) in [4.78, 5) is 42.6. The molecule has 4 atom stereocenters. The molecule has 0 unspecified atom stereocenters. The number of fused-ring (bicyclic) bond motifs is 1. The molecule has 0 bridgehead atoms. The minimum absolute atomic E-state index is 0. The Bertz CT molecular complexity index is 1020. The van der Waals surface area contributed by atoms with Crippen molar-refractivity contribution in [3.63, 3.8) is 0 Å². The number of ether oxygens (including phenoxy) is 1. The molecule has 2 aromatic heterocycles. The van der Waals surface area contributed by atoms with Crippen LogP contribution in [0, 0.1) is 0 Å². The van der Waals surface area contributed by atoms with Crippen LogP contribution in [0.15, 0.2) is 12.7 Å². The Morgan fingerprint density at radius 1 is 1.11 bits per heavy atom. The number of anilines is 1. The zero-order valence-corrected chi connectivity index (χ0v) is 19.4. The molecule has 0 radical (unpaired) electrons. The summed E-state index contributed by atoms with van der Waals surface area (Å²) < 4.78 is 26.2. The summed E-state index contributed by atoms with van der Waals surface area (Å²) in [6.45, 7) is 3.04. The summed E-state index contributed by atoms with van der Waals surface area (Å²) in [7, 11) is -4.56. The maximum atomic E-state index is 11.1. The molecule has 0 spiro atoms. The molecule has 0 amide bonds. The first-order valence-corrected chi connectivity index (χ1v) is 11.9. The quantitative estimate of drug-likeness (QED) is 0.195. The van der Waals surface area contributed by atoms with E-state index in [1.54, 1.807) is 13.8 Å². The Hall–Kier alpha value is -1.42. The fourth-order valence-corrected chi connectivity index (χ4v) is 3.68. The van der Waals surface area contributed by atoms with Gasteiger partial charge in [0.1, 0.15) is 30.2 Å². The van der Waals surface area contributed by atoms with Crippen LogP contribution in [0.3, 0.4) is 0 Å². The number of phosphoric ester groups is 1. The van der Waals surface area contributed by atoms with Crippen LogP contribution in [0.1, 0.15) is 45.8 Å². The number of rotatable bonds is 8. The normalized spacial score (nSPS) is 21.5. The van der Waals surface area contributed by atoms with E-state index < -0.39 is 50.9 Å². The van der Waals surface area contributed by atoms with Crippen molar-refractivity contribution in [2.24, 2.45) is 0 Å². The van der Waals surface area contributed by atoms with E-state index in [4.69, 9.17) is 20.5 Å². The van der Waals surface area contributed by atoms with Gasteiger partial charge >= 0.3 is 57.5 Å². The van der Waals surface area contributed by atoms with Crippen LogP contribution in [0.4, 0.5) is 5.82 Å². The first-order chi connectivity index (χ1) is 16.0. The second-order valence-corrected chi connectivity index (χ2v) is 8.51. The first-order valence-electron chi connectivity index (χ1n) is 10.4. The van der Waals surface area contributed by atoms with Crippen LogP contribution < -0.4 is 5.73 Å². The number of aliphatic hydroxyl groups is 3. The van der Waals surface area contributed by atoms with Gasteiger partial charge in [0.2, 0.25) is 0 Å². The first kappa shape index (κ1) is 31.6. The molecular formula is C18H30CaN5O10P. The Kier molecular flexibility index (Phi) is 13.0. The number of nitrogen functional groups attached to an aromatic ring is 1. The summed E-state index contributed by atoms with van der Waals surface area (Å²) in [6, 6.07) is 0. The molecule has 3 heterocycles. The van der Waals surface area contributed by atoms with E-state index in [1.807, 2.05) is 0 Å². The molecule has 1 aliphatic rings. The number of aliphatic hydroxyl groups excluding tert-OH is 3. The summed E-state index contributed by atoms with van der Waals surface area (Å²) >= 11 is 0. The van der Waals surface area contributed by atoms with Gasteiger partial charge in [-0.05, 0) is 12.8 Å². The number of aromatic nitrogens is 4. The van der Waals surface area contributed by atoms with Gasteiger partial charge in [0.05, 0.1) is 12.9 Å². The standard InChI is InChI=1S/C10H13N5O4.C8H15O6P.Ca.2H/c11-8-5-9(13-2-12-8)15(3-14-5)10-7(18)6(17)4(1-16)19-10;1-3-5-7(9)13-15(11,12)14-8(10)6-4-2;;;/h2-4,6-7,10,16-18H,1H2,(H2,11,12,13);3-6H2,1-2H3,(H,11,12);;;/t4-,6-,7-,10-;;;;/m1..../s1. The Morgan fingerprint density at radius 3 is 2.17 bits per heavy atom. The molecule has 0 aromatic carbocycles. The van der Waals surface area contributed by atoms with Crippen LogP contribution in [-0.2, 0) is 27.9 Å². The van der Waals surface area contributed by atoms with E-state index in [-0.39, 0.29) is 56.4 Å². The Labute approximate surface area is 230 Å². The average molecular weight is 548 g/mol. The zero-order valence-electron chi connectivity index (χ0n) is 18.6. The number of nitrogens with two attached hydrogens (primary N) is 1. The maximum absolute atomic E-state index is 11.1. The van der Waals surface area contributed by atoms with Crippen molar-refractivity contribution >= 4 is 74.5 Å². The van der Waals surface area contributed by atoms with Crippen molar-refractivity contribution in [1.82, 2.24) is 19.5 Å². The van der Waals surface area contributed by atoms with Crippen molar-refractivity contribution in [2.75, 3.05) is 12.3 Å². The van der Waals surface area contributed by atoms with Crippen LogP contribution >= 0.6 is 7.82 Å². The molecule has 17 heteroatoms. The van der Waals surface area contributed by atoms with Gasteiger partial charge in [-0.2, -0.15) is 0 Å². The number of carbonyl (C=O) groups excluding carboxylic acids is 2. The molecule has 3 rings (SSSR count). The molecule has 0 saturated carbocycles. The second kappa shape index (κ2) is 14.4. The fraction of sp³-hybridized carbons (Fsp3) is 0.611. The molecule has 0 aliphatic carbocycles. The topological polar surface area (TPSA) is 229 Å². The van der Waals surface area contributed by atoms with Gasteiger partial charge < -0.3 is 34.8 Å². The van der Waals surface area contributed by atoms with Crippen molar-refractivity contribution < 1.29 is 48.2 Å². The van der Waals surface area contributed by atoms with Crippen molar-refractivity contribution in [3.05, 3.63) is 12.7 Å². The van der Waals surface area contributed by atoms with Crippen molar-refractivity contribution in [1.29, 1.82) is 0 Å². The summed E-state index contributed by atoms with van der Waals surface area (Å²) in [5, 5.41) is 28.7. The van der Waals surface area contributed by atoms with Crippen molar-refractivity contribution in [3.8, 4) is 0 Å². The SMILES string of the molecule is CCCC(=O)OP(=O)(O)OC(=O)CCC.Nc1ncnc2c1ncn2[C@@H]1O[C@H](CO)[C@@H](O)[C@H]1O.[CaH2]. The van der Waals surface area contributed by atoms with E-state index in [1.165, 1.54) is 17.2 Å². The van der Waals surface area contributed by atoms with E-state index >= 15 is 0 Å². The number of phosphoric acid groups is 1. The zero-order chi connectivity index (χ0) is 25.5. The van der Waals surface area contributed by atoms with Crippen LogP contribution in [0.25, 0.3) is 11.2 Å². The third-order valence-electron chi connectivity index (χ3n) is 4.52. The van der Waals surface area contributed by atoms with E-state index in [2.05, 4.69) is 24.0 Å². The van der Waals surface area contributed by atoms with Crippen LogP contribution in [0.2, 0.25) is 0 Å². The number of hydrogen-bond acceptors (Lipinski definition) is 13. The molecule has 6 N–H and O–H groups in total. The van der Waals surface area contributed by atoms with Gasteiger partial charge in [-0.1, -0.05) is 13.8 Å². The van der Waals surface area contributed by atoms with Crippen LogP contribution in [-0.4, -0.2) is 114 Å². The molecule has 2 aromatic rings. The third kappa shape index (κ3) is 8.58. The molecule has 194 valence electrons.